The highest BCUT2D eigenvalue weighted by molar-refractivity contribution is 7.09. The highest BCUT2D eigenvalue weighted by Crippen LogP contribution is 2.38. The molecule has 2 N–H and O–H groups in total. The molecular formula is C18H19N3S. The Morgan fingerprint density at radius 1 is 1.27 bits per heavy atom. The summed E-state index contributed by atoms with van der Waals surface area (Å²) in [5.41, 5.74) is 10.0. The fourth-order valence-electron chi connectivity index (χ4n) is 3.44. The Balaban J connectivity index is 1.73. The first-order chi connectivity index (χ1) is 10.8. The van der Waals surface area contributed by atoms with Crippen molar-refractivity contribution in [3.05, 3.63) is 63.6 Å². The second-order valence-electron chi connectivity index (χ2n) is 5.89. The van der Waals surface area contributed by atoms with Crippen LogP contribution in [0.5, 0.6) is 0 Å². The van der Waals surface area contributed by atoms with E-state index in [1.165, 1.54) is 26.9 Å². The van der Waals surface area contributed by atoms with Gasteiger partial charge in [0, 0.05) is 30.2 Å². The van der Waals surface area contributed by atoms with Crippen molar-refractivity contribution in [3.8, 4) is 0 Å². The average molecular weight is 309 g/mol. The number of nitrogens with two attached hydrogens (primary N) is 1. The highest BCUT2D eigenvalue weighted by atomic mass is 32.1. The summed E-state index contributed by atoms with van der Waals surface area (Å²) in [6, 6.07) is 13.4. The molecule has 0 aliphatic carbocycles. The van der Waals surface area contributed by atoms with Crippen molar-refractivity contribution in [2.75, 3.05) is 6.54 Å². The third-order valence-electron chi connectivity index (χ3n) is 4.47. The van der Waals surface area contributed by atoms with Crippen LogP contribution in [0, 0.1) is 6.92 Å². The molecule has 4 rings (SSSR count). The quantitative estimate of drug-likeness (QED) is 0.803. The first-order valence-electron chi connectivity index (χ1n) is 7.62. The topological polar surface area (TPSA) is 42.1 Å². The van der Waals surface area contributed by atoms with E-state index in [-0.39, 0.29) is 0 Å². The summed E-state index contributed by atoms with van der Waals surface area (Å²) in [5.74, 6) is 0. The van der Waals surface area contributed by atoms with Gasteiger partial charge in [-0.05, 0) is 28.8 Å². The van der Waals surface area contributed by atoms with Gasteiger partial charge in [-0.15, -0.1) is 11.3 Å². The Labute approximate surface area is 134 Å². The number of thiazole rings is 1. The molecule has 3 aromatic rings. The fraction of sp³-hybridized carbons (Fsp3) is 0.278. The number of aromatic nitrogens is 1. The van der Waals surface area contributed by atoms with Crippen molar-refractivity contribution in [3.63, 3.8) is 0 Å². The highest BCUT2D eigenvalue weighted by Gasteiger charge is 2.30. The van der Waals surface area contributed by atoms with Crippen LogP contribution < -0.4 is 5.73 Å². The van der Waals surface area contributed by atoms with Crippen molar-refractivity contribution in [2.24, 2.45) is 5.73 Å². The minimum absolute atomic E-state index is 0.295. The maximum atomic E-state index is 6.08. The Morgan fingerprint density at radius 2 is 2.14 bits per heavy atom. The molecule has 0 spiro atoms. The third-order valence-corrected chi connectivity index (χ3v) is 5.42. The lowest BCUT2D eigenvalue weighted by atomic mass is 9.98. The summed E-state index contributed by atoms with van der Waals surface area (Å²) in [4.78, 5) is 7.06. The Morgan fingerprint density at radius 3 is 2.91 bits per heavy atom. The predicted molar refractivity (Wildman–Crippen MR) is 91.8 cm³/mol. The molecule has 1 aliphatic heterocycles. The van der Waals surface area contributed by atoms with E-state index in [2.05, 4.69) is 51.7 Å². The van der Waals surface area contributed by atoms with E-state index >= 15 is 0 Å². The molecule has 4 heteroatoms. The van der Waals surface area contributed by atoms with Gasteiger partial charge in [0.15, 0.2) is 0 Å². The van der Waals surface area contributed by atoms with Gasteiger partial charge in [0.05, 0.1) is 6.54 Å². The molecule has 0 fully saturated rings. The van der Waals surface area contributed by atoms with Crippen molar-refractivity contribution >= 4 is 22.1 Å². The molecule has 0 saturated carbocycles. The van der Waals surface area contributed by atoms with E-state index in [9.17, 15) is 0 Å². The molecule has 2 aromatic carbocycles. The van der Waals surface area contributed by atoms with Gasteiger partial charge < -0.3 is 5.73 Å². The second kappa shape index (κ2) is 5.47. The summed E-state index contributed by atoms with van der Waals surface area (Å²) < 4.78 is 0. The van der Waals surface area contributed by atoms with Gasteiger partial charge in [-0.1, -0.05) is 36.4 Å². The first-order valence-corrected chi connectivity index (χ1v) is 8.50. The minimum Gasteiger partial charge on any atom is -0.329 e. The van der Waals surface area contributed by atoms with E-state index in [1.54, 1.807) is 11.3 Å². The molecule has 3 nitrogen and oxygen atoms in total. The SMILES string of the molecule is Cc1csc(CN2Cc3c(ccc4ccccc34)C2CN)n1. The Bertz CT molecular complexity index is 824. The molecule has 2 heterocycles. The molecule has 1 aromatic heterocycles. The minimum atomic E-state index is 0.295. The normalized spacial score (nSPS) is 18.0. The number of rotatable bonds is 3. The van der Waals surface area contributed by atoms with Crippen LogP contribution in [0.2, 0.25) is 0 Å². The maximum Gasteiger partial charge on any atom is 0.107 e. The van der Waals surface area contributed by atoms with Gasteiger partial charge in [0.1, 0.15) is 5.01 Å². The van der Waals surface area contributed by atoms with Gasteiger partial charge >= 0.3 is 0 Å². The van der Waals surface area contributed by atoms with Crippen molar-refractivity contribution in [1.29, 1.82) is 0 Å². The van der Waals surface area contributed by atoms with Gasteiger partial charge in [-0.3, -0.25) is 4.90 Å². The van der Waals surface area contributed by atoms with Crippen LogP contribution in [-0.2, 0) is 13.1 Å². The average Bonchev–Trinajstić information content (AvgIpc) is 3.10. The van der Waals surface area contributed by atoms with Crippen LogP contribution in [0.15, 0.2) is 41.8 Å². The summed E-state index contributed by atoms with van der Waals surface area (Å²) >= 11 is 1.74. The van der Waals surface area contributed by atoms with E-state index < -0.39 is 0 Å². The summed E-state index contributed by atoms with van der Waals surface area (Å²) in [6.07, 6.45) is 0. The zero-order valence-corrected chi connectivity index (χ0v) is 13.4. The number of benzene rings is 2. The molecule has 22 heavy (non-hydrogen) atoms. The Hall–Kier alpha value is -1.75. The number of hydrogen-bond acceptors (Lipinski definition) is 4. The van der Waals surface area contributed by atoms with E-state index in [1.807, 2.05) is 6.92 Å². The largest absolute Gasteiger partial charge is 0.329 e. The van der Waals surface area contributed by atoms with Gasteiger partial charge in [-0.25, -0.2) is 4.98 Å². The number of aryl methyl sites for hydroxylation is 1. The van der Waals surface area contributed by atoms with Crippen LogP contribution in [0.4, 0.5) is 0 Å². The van der Waals surface area contributed by atoms with Gasteiger partial charge in [0.25, 0.3) is 0 Å². The van der Waals surface area contributed by atoms with Crippen molar-refractivity contribution < 1.29 is 0 Å². The summed E-state index contributed by atoms with van der Waals surface area (Å²) in [7, 11) is 0. The van der Waals surface area contributed by atoms with Crippen LogP contribution in [0.1, 0.15) is 27.9 Å². The molecule has 1 unspecified atom stereocenters. The molecule has 0 saturated heterocycles. The zero-order chi connectivity index (χ0) is 15.1. The number of fused-ring (bicyclic) bond motifs is 3. The lowest BCUT2D eigenvalue weighted by molar-refractivity contribution is 0.211. The second-order valence-corrected chi connectivity index (χ2v) is 6.84. The van der Waals surface area contributed by atoms with Crippen LogP contribution in [-0.4, -0.2) is 16.4 Å². The van der Waals surface area contributed by atoms with E-state index in [0.29, 0.717) is 12.6 Å². The fourth-order valence-corrected chi connectivity index (χ4v) is 4.24. The zero-order valence-electron chi connectivity index (χ0n) is 12.6. The lowest BCUT2D eigenvalue weighted by Crippen LogP contribution is -2.27. The molecule has 0 amide bonds. The molecule has 0 radical (unpaired) electrons. The van der Waals surface area contributed by atoms with Crippen LogP contribution in [0.3, 0.4) is 0 Å². The summed E-state index contributed by atoms with van der Waals surface area (Å²) in [5, 5.41) is 5.96. The standard InChI is InChI=1S/C18H19N3S/c1-12-11-22-18(20-12)10-21-9-16-14-5-3-2-4-13(14)6-7-15(16)17(21)8-19/h2-7,11,17H,8-10,19H2,1H3. The summed E-state index contributed by atoms with van der Waals surface area (Å²) in [6.45, 7) is 4.53. The lowest BCUT2D eigenvalue weighted by Gasteiger charge is -2.22. The monoisotopic (exact) mass is 309 g/mol. The van der Waals surface area contributed by atoms with Gasteiger partial charge in [-0.2, -0.15) is 0 Å². The predicted octanol–water partition coefficient (Wildman–Crippen LogP) is 3.62. The van der Waals surface area contributed by atoms with E-state index in [4.69, 9.17) is 5.73 Å². The van der Waals surface area contributed by atoms with Gasteiger partial charge in [0.2, 0.25) is 0 Å². The molecule has 1 atom stereocenters. The van der Waals surface area contributed by atoms with Crippen LogP contribution in [0.25, 0.3) is 10.8 Å². The van der Waals surface area contributed by atoms with E-state index in [0.717, 1.165) is 18.8 Å². The van der Waals surface area contributed by atoms with Crippen molar-refractivity contribution in [2.45, 2.75) is 26.1 Å². The van der Waals surface area contributed by atoms with Crippen LogP contribution >= 0.6 is 11.3 Å². The number of nitrogens with zero attached hydrogens (tertiary/aromatic N) is 2. The Kier molecular flexibility index (Phi) is 3.45. The number of hydrogen-bond donors (Lipinski definition) is 1. The third kappa shape index (κ3) is 2.24. The molecule has 112 valence electrons. The molecular weight excluding hydrogens is 290 g/mol. The first kappa shape index (κ1) is 13.9. The smallest absolute Gasteiger partial charge is 0.107 e. The molecule has 0 bridgehead atoms. The van der Waals surface area contributed by atoms with Crippen molar-refractivity contribution in [1.82, 2.24) is 9.88 Å². The molecule has 1 aliphatic rings. The maximum absolute atomic E-state index is 6.08.